The average Bonchev–Trinajstić information content (AvgIpc) is 3.63. The summed E-state index contributed by atoms with van der Waals surface area (Å²) in [5.74, 6) is 0.313. The fourth-order valence-corrected chi connectivity index (χ4v) is 6.02. The summed E-state index contributed by atoms with van der Waals surface area (Å²) in [6.45, 7) is 5.28. The first-order valence-corrected chi connectivity index (χ1v) is 14.1. The molecule has 9 nitrogen and oxygen atoms in total. The first kappa shape index (κ1) is 24.6. The molecule has 0 radical (unpaired) electrons. The standard InChI is InChI=1S/C27H28FN5O4S/c1-2-38(34,35)33-17-27(11-12-27)22-8-5-19(15-24(22)33)30-25-23(28)16-29-26(32-25)31-18-3-6-20(7-4-18)37-21-9-13-36-14-10-21/h2-8,15-16,21H,1,9-14,17H2,(H2,29,30,31,32). The van der Waals surface area contributed by atoms with Crippen molar-refractivity contribution in [3.05, 3.63) is 72.0 Å². The highest BCUT2D eigenvalue weighted by Crippen LogP contribution is 2.57. The van der Waals surface area contributed by atoms with Crippen LogP contribution in [0.4, 0.5) is 33.2 Å². The van der Waals surface area contributed by atoms with Crippen LogP contribution in [0, 0.1) is 5.82 Å². The number of hydrogen-bond donors (Lipinski definition) is 2. The van der Waals surface area contributed by atoms with Gasteiger partial charge in [0, 0.05) is 41.6 Å². The molecule has 0 unspecified atom stereocenters. The molecule has 6 rings (SSSR count). The zero-order valence-electron chi connectivity index (χ0n) is 20.7. The summed E-state index contributed by atoms with van der Waals surface area (Å²) in [7, 11) is -3.65. The van der Waals surface area contributed by atoms with Gasteiger partial charge in [-0.1, -0.05) is 12.6 Å². The first-order valence-electron chi connectivity index (χ1n) is 12.6. The first-order chi connectivity index (χ1) is 18.3. The van der Waals surface area contributed by atoms with E-state index in [1.165, 1.54) is 4.31 Å². The molecular formula is C27H28FN5O4S. The minimum atomic E-state index is -3.65. The molecule has 198 valence electrons. The van der Waals surface area contributed by atoms with Crippen LogP contribution in [0.15, 0.2) is 60.6 Å². The highest BCUT2D eigenvalue weighted by Gasteiger charge is 2.53. The van der Waals surface area contributed by atoms with Crippen molar-refractivity contribution in [2.75, 3.05) is 34.7 Å². The van der Waals surface area contributed by atoms with E-state index in [-0.39, 0.29) is 23.3 Å². The van der Waals surface area contributed by atoms with E-state index in [1.54, 1.807) is 6.07 Å². The quantitative estimate of drug-likeness (QED) is 0.414. The Morgan fingerprint density at radius 3 is 2.55 bits per heavy atom. The molecule has 1 aromatic heterocycles. The van der Waals surface area contributed by atoms with Crippen molar-refractivity contribution in [2.45, 2.75) is 37.2 Å². The van der Waals surface area contributed by atoms with Gasteiger partial charge in [-0.15, -0.1) is 0 Å². The van der Waals surface area contributed by atoms with E-state index in [0.29, 0.717) is 31.1 Å². The number of sulfonamides is 1. The van der Waals surface area contributed by atoms with Gasteiger partial charge in [-0.25, -0.2) is 17.8 Å². The van der Waals surface area contributed by atoms with Gasteiger partial charge in [-0.3, -0.25) is 4.31 Å². The van der Waals surface area contributed by atoms with Gasteiger partial charge in [0.15, 0.2) is 11.6 Å². The van der Waals surface area contributed by atoms with E-state index in [2.05, 4.69) is 27.2 Å². The molecule has 11 heteroatoms. The predicted molar refractivity (Wildman–Crippen MR) is 143 cm³/mol. The molecule has 0 bridgehead atoms. The van der Waals surface area contributed by atoms with Crippen LogP contribution in [-0.4, -0.2) is 44.2 Å². The summed E-state index contributed by atoms with van der Waals surface area (Å²) in [6, 6.07) is 12.9. The lowest BCUT2D eigenvalue weighted by Gasteiger charge is -2.23. The molecule has 0 atom stereocenters. The van der Waals surface area contributed by atoms with Gasteiger partial charge in [0.2, 0.25) is 5.95 Å². The summed E-state index contributed by atoms with van der Waals surface area (Å²) in [5.41, 5.74) is 2.68. The number of hydrogen-bond acceptors (Lipinski definition) is 8. The summed E-state index contributed by atoms with van der Waals surface area (Å²) >= 11 is 0. The molecule has 3 aromatic rings. The van der Waals surface area contributed by atoms with Crippen LogP contribution >= 0.6 is 0 Å². The van der Waals surface area contributed by atoms with Crippen molar-refractivity contribution in [1.82, 2.24) is 9.97 Å². The van der Waals surface area contributed by atoms with Crippen LogP contribution in [0.2, 0.25) is 0 Å². The average molecular weight is 538 g/mol. The predicted octanol–water partition coefficient (Wildman–Crippen LogP) is 4.99. The largest absolute Gasteiger partial charge is 0.490 e. The molecule has 2 aliphatic heterocycles. The zero-order chi connectivity index (χ0) is 26.3. The zero-order valence-corrected chi connectivity index (χ0v) is 21.5. The van der Waals surface area contributed by atoms with Crippen LogP contribution < -0.4 is 19.7 Å². The summed E-state index contributed by atoms with van der Waals surface area (Å²) in [6.07, 6.45) is 4.84. The van der Waals surface area contributed by atoms with Crippen LogP contribution in [0.25, 0.3) is 0 Å². The second-order valence-corrected chi connectivity index (χ2v) is 11.6. The van der Waals surface area contributed by atoms with Crippen LogP contribution in [0.3, 0.4) is 0 Å². The third-order valence-corrected chi connectivity index (χ3v) is 8.61. The van der Waals surface area contributed by atoms with Crippen molar-refractivity contribution < 1.29 is 22.3 Å². The molecule has 3 heterocycles. The molecule has 38 heavy (non-hydrogen) atoms. The third kappa shape index (κ3) is 4.79. The van der Waals surface area contributed by atoms with Gasteiger partial charge in [0.1, 0.15) is 11.9 Å². The lowest BCUT2D eigenvalue weighted by Crippen LogP contribution is -2.29. The highest BCUT2D eigenvalue weighted by atomic mass is 32.2. The van der Waals surface area contributed by atoms with E-state index >= 15 is 0 Å². The second-order valence-electron chi connectivity index (χ2n) is 9.82. The maximum atomic E-state index is 14.6. The second kappa shape index (κ2) is 9.55. The number of nitrogens with zero attached hydrogens (tertiary/aromatic N) is 3. The van der Waals surface area contributed by atoms with Crippen molar-refractivity contribution in [2.24, 2.45) is 0 Å². The Morgan fingerprint density at radius 1 is 1.11 bits per heavy atom. The monoisotopic (exact) mass is 537 g/mol. The molecule has 1 spiro atoms. The smallest absolute Gasteiger partial charge is 0.256 e. The third-order valence-electron chi connectivity index (χ3n) is 7.24. The lowest BCUT2D eigenvalue weighted by molar-refractivity contribution is 0.0256. The van der Waals surface area contributed by atoms with Gasteiger partial charge in [0.05, 0.1) is 25.1 Å². The molecule has 0 amide bonds. The van der Waals surface area contributed by atoms with Crippen LogP contribution in [-0.2, 0) is 20.2 Å². The molecular weight excluding hydrogens is 509 g/mol. The number of halogens is 1. The Labute approximate surface area is 220 Å². The highest BCUT2D eigenvalue weighted by molar-refractivity contribution is 7.95. The number of ether oxygens (including phenoxy) is 2. The Bertz CT molecular complexity index is 1470. The van der Waals surface area contributed by atoms with Crippen molar-refractivity contribution in [1.29, 1.82) is 0 Å². The minimum Gasteiger partial charge on any atom is -0.490 e. The van der Waals surface area contributed by atoms with Crippen molar-refractivity contribution in [3.63, 3.8) is 0 Å². The number of fused-ring (bicyclic) bond motifs is 2. The van der Waals surface area contributed by atoms with Gasteiger partial charge in [-0.2, -0.15) is 4.98 Å². The molecule has 2 N–H and O–H groups in total. The van der Waals surface area contributed by atoms with Crippen molar-refractivity contribution >= 4 is 38.9 Å². The van der Waals surface area contributed by atoms with Gasteiger partial charge < -0.3 is 20.1 Å². The van der Waals surface area contributed by atoms with Gasteiger partial charge in [0.25, 0.3) is 10.0 Å². The Morgan fingerprint density at radius 2 is 1.84 bits per heavy atom. The fourth-order valence-electron chi connectivity index (χ4n) is 4.99. The maximum Gasteiger partial charge on any atom is 0.256 e. The number of anilines is 5. The molecule has 2 aromatic carbocycles. The minimum absolute atomic E-state index is 0.0285. The fraction of sp³-hybridized carbons (Fsp3) is 0.333. The van der Waals surface area contributed by atoms with E-state index in [0.717, 1.165) is 54.3 Å². The van der Waals surface area contributed by atoms with Gasteiger partial charge in [-0.05, 0) is 54.8 Å². The number of nitrogens with one attached hydrogen (secondary N) is 2. The summed E-state index contributed by atoms with van der Waals surface area (Å²) < 4.78 is 52.6. The molecule has 1 saturated carbocycles. The van der Waals surface area contributed by atoms with Crippen LogP contribution in [0.1, 0.15) is 31.2 Å². The SMILES string of the molecule is C=CS(=O)(=O)N1CC2(CC2)c2ccc(Nc3nc(Nc4ccc(OC5CCOCC5)cc4)ncc3F)cc21. The Balaban J connectivity index is 1.18. The summed E-state index contributed by atoms with van der Waals surface area (Å²) in [5, 5.41) is 7.02. The maximum absolute atomic E-state index is 14.6. The molecule has 1 aliphatic carbocycles. The number of benzene rings is 2. The normalized spacial score (nSPS) is 18.2. The number of aromatic nitrogens is 2. The topological polar surface area (TPSA) is 106 Å². The van der Waals surface area contributed by atoms with Gasteiger partial charge >= 0.3 is 0 Å². The Hall–Kier alpha value is -3.70. The summed E-state index contributed by atoms with van der Waals surface area (Å²) in [4.78, 5) is 8.35. The molecule has 3 aliphatic rings. The van der Waals surface area contributed by atoms with E-state index in [4.69, 9.17) is 9.47 Å². The number of rotatable bonds is 8. The van der Waals surface area contributed by atoms with Crippen LogP contribution in [0.5, 0.6) is 5.75 Å². The van der Waals surface area contributed by atoms with E-state index in [1.807, 2.05) is 36.4 Å². The molecule has 2 fully saturated rings. The molecule has 1 saturated heterocycles. The van der Waals surface area contributed by atoms with Crippen molar-refractivity contribution in [3.8, 4) is 5.75 Å². The van der Waals surface area contributed by atoms with E-state index in [9.17, 15) is 12.8 Å². The lowest BCUT2D eigenvalue weighted by atomic mass is 9.98. The van der Waals surface area contributed by atoms with E-state index < -0.39 is 15.8 Å². The Kier molecular flexibility index (Phi) is 6.19.